The van der Waals surface area contributed by atoms with Crippen LogP contribution in [0.1, 0.15) is 53.8 Å². The maximum Gasteiger partial charge on any atom is 0.406 e. The highest BCUT2D eigenvalue weighted by atomic mass is 35.5. The van der Waals surface area contributed by atoms with Gasteiger partial charge in [0.05, 0.1) is 13.7 Å². The summed E-state index contributed by atoms with van der Waals surface area (Å²) >= 11 is 6.25. The Morgan fingerprint density at radius 3 is 2.50 bits per heavy atom. The summed E-state index contributed by atoms with van der Waals surface area (Å²) in [5.74, 6) is 0.444. The first kappa shape index (κ1) is 27.9. The quantitative estimate of drug-likeness (QED) is 0.335. The fourth-order valence-corrected chi connectivity index (χ4v) is 4.72. The lowest BCUT2D eigenvalue weighted by Gasteiger charge is -2.32. The maximum absolute atomic E-state index is 13.5. The summed E-state index contributed by atoms with van der Waals surface area (Å²) in [7, 11) is 3.08. The average Bonchev–Trinajstić information content (AvgIpc) is 2.89. The topological polar surface area (TPSA) is 89.1 Å². The van der Waals surface area contributed by atoms with E-state index >= 15 is 0 Å². The van der Waals surface area contributed by atoms with E-state index in [1.54, 1.807) is 18.1 Å². The predicted molar refractivity (Wildman–Crippen MR) is 139 cm³/mol. The Morgan fingerprint density at radius 1 is 1.14 bits per heavy atom. The van der Waals surface area contributed by atoms with Gasteiger partial charge >= 0.3 is 6.09 Å². The van der Waals surface area contributed by atoms with Gasteiger partial charge in [-0.3, -0.25) is 9.80 Å². The Labute approximate surface area is 218 Å². The molecule has 2 amide bonds. The molecule has 0 bridgehead atoms. The summed E-state index contributed by atoms with van der Waals surface area (Å²) in [4.78, 5) is 24.9. The zero-order valence-electron chi connectivity index (χ0n) is 21.2. The van der Waals surface area contributed by atoms with Crippen molar-refractivity contribution in [3.05, 3.63) is 70.2 Å². The highest BCUT2D eigenvalue weighted by molar-refractivity contribution is 6.30. The fraction of sp³-hybridized carbons (Fsp3) is 0.481. The number of alkyl carbamates (subject to hydrolysis) is 1. The molecular weight excluding hydrogens is 482 g/mol. The van der Waals surface area contributed by atoms with Gasteiger partial charge in [0.2, 0.25) is 0 Å². The molecule has 0 aliphatic carbocycles. The first-order chi connectivity index (χ1) is 17.4. The van der Waals surface area contributed by atoms with Crippen LogP contribution in [0.15, 0.2) is 48.5 Å². The summed E-state index contributed by atoms with van der Waals surface area (Å²) in [6, 6.07) is 14.9. The number of nitrogens with one attached hydrogen (secondary N) is 2. The number of carbonyl (C=O) groups excluding carboxylic acids is 2. The minimum atomic E-state index is -0.521. The van der Waals surface area contributed by atoms with Crippen LogP contribution in [0, 0.1) is 5.92 Å². The molecule has 0 radical (unpaired) electrons. The van der Waals surface area contributed by atoms with Gasteiger partial charge in [0.25, 0.3) is 5.91 Å². The summed E-state index contributed by atoms with van der Waals surface area (Å²) in [6.07, 6.45) is 1.97. The van der Waals surface area contributed by atoms with E-state index in [0.717, 1.165) is 43.6 Å². The Kier molecular flexibility index (Phi) is 11.0. The number of amides is 2. The average molecular weight is 518 g/mol. The van der Waals surface area contributed by atoms with Crippen LogP contribution in [-0.4, -0.2) is 63.6 Å². The maximum atomic E-state index is 13.5. The van der Waals surface area contributed by atoms with Crippen LogP contribution in [0.4, 0.5) is 4.79 Å². The Morgan fingerprint density at radius 2 is 1.83 bits per heavy atom. The van der Waals surface area contributed by atoms with E-state index in [1.165, 1.54) is 7.11 Å². The number of ether oxygens (including phenoxy) is 3. The van der Waals surface area contributed by atoms with E-state index in [9.17, 15) is 9.59 Å². The molecule has 0 saturated carbocycles. The molecule has 0 spiro atoms. The van der Waals surface area contributed by atoms with Gasteiger partial charge in [0.15, 0.2) is 0 Å². The van der Waals surface area contributed by atoms with Gasteiger partial charge in [-0.05, 0) is 67.5 Å². The summed E-state index contributed by atoms with van der Waals surface area (Å²) in [5, 5.41) is 4.90. The Bertz CT molecular complexity index is 999. The highest BCUT2D eigenvalue weighted by Gasteiger charge is 2.26. The number of carbonyl (C=O) groups is 2. The molecule has 1 aliphatic heterocycles. The van der Waals surface area contributed by atoms with Crippen molar-refractivity contribution in [3.8, 4) is 0 Å². The lowest BCUT2D eigenvalue weighted by atomic mass is 9.92. The van der Waals surface area contributed by atoms with E-state index in [0.29, 0.717) is 16.5 Å². The molecule has 196 valence electrons. The van der Waals surface area contributed by atoms with E-state index in [2.05, 4.69) is 22.4 Å². The summed E-state index contributed by atoms with van der Waals surface area (Å²) < 4.78 is 16.2. The van der Waals surface area contributed by atoms with Crippen LogP contribution in [0.2, 0.25) is 5.02 Å². The molecule has 1 aliphatic rings. The van der Waals surface area contributed by atoms with Gasteiger partial charge in [-0.25, -0.2) is 10.2 Å². The second-order valence-corrected chi connectivity index (χ2v) is 9.33. The normalized spacial score (nSPS) is 15.7. The SMILES string of the molecule is CNN(C(=O)c1cccc([C@@H](OCCNC(=O)OC)c2cccc(Cl)c2)c1)[C@@H](C)CC1CCOCC1. The minimum Gasteiger partial charge on any atom is -0.453 e. The van der Waals surface area contributed by atoms with Crippen LogP contribution in [0.25, 0.3) is 0 Å². The van der Waals surface area contributed by atoms with Gasteiger partial charge in [0, 0.05) is 43.4 Å². The number of benzene rings is 2. The predicted octanol–water partition coefficient (Wildman–Crippen LogP) is 4.58. The van der Waals surface area contributed by atoms with Gasteiger partial charge in [-0.2, -0.15) is 0 Å². The van der Waals surface area contributed by atoms with Gasteiger partial charge < -0.3 is 19.5 Å². The van der Waals surface area contributed by atoms with Crippen molar-refractivity contribution in [2.75, 3.05) is 40.5 Å². The third kappa shape index (κ3) is 7.93. The zero-order valence-corrected chi connectivity index (χ0v) is 21.9. The molecule has 2 atom stereocenters. The van der Waals surface area contributed by atoms with Gasteiger partial charge in [0.1, 0.15) is 6.10 Å². The lowest BCUT2D eigenvalue weighted by Crippen LogP contribution is -2.47. The van der Waals surface area contributed by atoms with Gasteiger partial charge in [-0.15, -0.1) is 0 Å². The number of hydrogen-bond donors (Lipinski definition) is 2. The van der Waals surface area contributed by atoms with Crippen molar-refractivity contribution in [1.82, 2.24) is 15.8 Å². The molecule has 2 N–H and O–H groups in total. The van der Waals surface area contributed by atoms with E-state index in [-0.39, 0.29) is 25.1 Å². The molecule has 1 heterocycles. The van der Waals surface area contributed by atoms with Crippen LogP contribution in [-0.2, 0) is 14.2 Å². The zero-order chi connectivity index (χ0) is 25.9. The summed E-state index contributed by atoms with van der Waals surface area (Å²) in [5.41, 5.74) is 5.31. The number of methoxy groups -OCH3 is 1. The second kappa shape index (κ2) is 14.2. The molecule has 8 nitrogen and oxygen atoms in total. The van der Waals surface area contributed by atoms with Crippen LogP contribution < -0.4 is 10.7 Å². The molecule has 1 saturated heterocycles. The number of hydrazine groups is 1. The third-order valence-electron chi connectivity index (χ3n) is 6.34. The molecule has 2 aromatic carbocycles. The van der Waals surface area contributed by atoms with E-state index in [1.807, 2.05) is 42.5 Å². The number of rotatable bonds is 11. The molecule has 1 fully saturated rings. The van der Waals surface area contributed by atoms with Crippen molar-refractivity contribution >= 4 is 23.6 Å². The minimum absolute atomic E-state index is 0.0265. The second-order valence-electron chi connectivity index (χ2n) is 8.89. The molecule has 9 heteroatoms. The third-order valence-corrected chi connectivity index (χ3v) is 6.58. The molecule has 3 rings (SSSR count). The van der Waals surface area contributed by atoms with E-state index in [4.69, 9.17) is 21.1 Å². The summed E-state index contributed by atoms with van der Waals surface area (Å²) in [6.45, 7) is 4.16. The molecule has 0 unspecified atom stereocenters. The molecule has 0 aromatic heterocycles. The van der Waals surface area contributed by atoms with Crippen molar-refractivity contribution in [3.63, 3.8) is 0 Å². The smallest absolute Gasteiger partial charge is 0.406 e. The first-order valence-electron chi connectivity index (χ1n) is 12.3. The van der Waals surface area contributed by atoms with Crippen molar-refractivity contribution in [2.24, 2.45) is 5.92 Å². The van der Waals surface area contributed by atoms with Crippen LogP contribution in [0.3, 0.4) is 0 Å². The van der Waals surface area contributed by atoms with Crippen molar-refractivity contribution in [1.29, 1.82) is 0 Å². The van der Waals surface area contributed by atoms with Crippen LogP contribution >= 0.6 is 11.6 Å². The first-order valence-corrected chi connectivity index (χ1v) is 12.7. The highest BCUT2D eigenvalue weighted by Crippen LogP contribution is 2.29. The molecule has 36 heavy (non-hydrogen) atoms. The fourth-order valence-electron chi connectivity index (χ4n) is 4.52. The number of nitrogens with zero attached hydrogens (tertiary/aromatic N) is 1. The Hall–Kier alpha value is -2.65. The van der Waals surface area contributed by atoms with Gasteiger partial charge in [-0.1, -0.05) is 35.9 Å². The number of hydrogen-bond acceptors (Lipinski definition) is 6. The standard InChI is InChI=1S/C27H36ClN3O5/c1-19(16-20-10-13-35-14-11-20)31(29-2)26(32)23-8-4-6-21(17-23)25(22-7-5-9-24(28)18-22)36-15-12-30-27(33)34-3/h4-9,17-20,25,29H,10-16H2,1-3H3,(H,30,33)/t19-,25+/m0/s1. The van der Waals surface area contributed by atoms with Crippen molar-refractivity contribution in [2.45, 2.75) is 38.3 Å². The number of halogens is 1. The largest absolute Gasteiger partial charge is 0.453 e. The van der Waals surface area contributed by atoms with Crippen molar-refractivity contribution < 1.29 is 23.8 Å². The Balaban J connectivity index is 1.78. The molecular formula is C27H36ClN3O5. The molecule has 2 aromatic rings. The van der Waals surface area contributed by atoms with E-state index < -0.39 is 12.2 Å². The van der Waals surface area contributed by atoms with Crippen LogP contribution in [0.5, 0.6) is 0 Å². The monoisotopic (exact) mass is 517 g/mol. The lowest BCUT2D eigenvalue weighted by molar-refractivity contribution is 0.0396.